The third-order valence-electron chi connectivity index (χ3n) is 3.64. The van der Waals surface area contributed by atoms with E-state index in [1.807, 2.05) is 7.05 Å². The van der Waals surface area contributed by atoms with Crippen LogP contribution in [0, 0.1) is 5.92 Å². The lowest BCUT2D eigenvalue weighted by Gasteiger charge is -2.20. The summed E-state index contributed by atoms with van der Waals surface area (Å²) in [5.74, 6) is 0.855. The highest BCUT2D eigenvalue weighted by Gasteiger charge is 2.27. The maximum atomic E-state index is 5.86. The molecule has 3 nitrogen and oxygen atoms in total. The Balaban J connectivity index is 1.68. The van der Waals surface area contributed by atoms with Gasteiger partial charge in [0, 0.05) is 13.1 Å². The molecule has 0 aromatic carbocycles. The van der Waals surface area contributed by atoms with Crippen molar-refractivity contribution >= 4 is 0 Å². The van der Waals surface area contributed by atoms with Crippen molar-refractivity contribution in [3.8, 4) is 0 Å². The molecule has 1 N–H and O–H groups in total. The minimum atomic E-state index is 0.491. The normalized spacial score (nSPS) is 37.6. The van der Waals surface area contributed by atoms with Crippen molar-refractivity contribution < 1.29 is 4.74 Å². The van der Waals surface area contributed by atoms with Crippen molar-refractivity contribution in [2.24, 2.45) is 5.92 Å². The summed E-state index contributed by atoms with van der Waals surface area (Å²) in [4.78, 5) is 2.57. The van der Waals surface area contributed by atoms with Gasteiger partial charge in [0.1, 0.15) is 0 Å². The molecule has 2 rings (SSSR count). The lowest BCUT2D eigenvalue weighted by molar-refractivity contribution is 0.0354. The van der Waals surface area contributed by atoms with E-state index < -0.39 is 0 Å². The topological polar surface area (TPSA) is 24.5 Å². The summed E-state index contributed by atoms with van der Waals surface area (Å²) in [7, 11) is 2.05. The monoisotopic (exact) mass is 212 g/mol. The second-order valence-corrected chi connectivity index (χ2v) is 5.12. The predicted octanol–water partition coefficient (Wildman–Crippen LogP) is 1.10. The molecule has 0 spiro atoms. The van der Waals surface area contributed by atoms with Crippen LogP contribution in [-0.2, 0) is 4.74 Å². The van der Waals surface area contributed by atoms with Gasteiger partial charge in [0.15, 0.2) is 0 Å². The second-order valence-electron chi connectivity index (χ2n) is 5.12. The lowest BCUT2D eigenvalue weighted by Crippen LogP contribution is -2.31. The molecule has 3 atom stereocenters. The van der Waals surface area contributed by atoms with E-state index in [2.05, 4.69) is 17.1 Å². The third-order valence-corrected chi connectivity index (χ3v) is 3.64. The molecule has 3 heteroatoms. The Morgan fingerprint density at radius 1 is 1.33 bits per heavy atom. The zero-order chi connectivity index (χ0) is 10.7. The number of rotatable bonds is 4. The van der Waals surface area contributed by atoms with Crippen molar-refractivity contribution in [3.05, 3.63) is 0 Å². The molecular formula is C12H24N2O. The standard InChI is InChI=1S/C12H24N2O/c1-10-3-4-12(15-10)9-14-6-5-11(8-14)7-13-2/h10-13H,3-9H2,1-2H3. The molecule has 0 radical (unpaired) electrons. The van der Waals surface area contributed by atoms with Gasteiger partial charge in [-0.3, -0.25) is 0 Å². The van der Waals surface area contributed by atoms with Gasteiger partial charge < -0.3 is 15.0 Å². The van der Waals surface area contributed by atoms with Gasteiger partial charge in [-0.2, -0.15) is 0 Å². The fraction of sp³-hybridized carbons (Fsp3) is 1.00. The quantitative estimate of drug-likeness (QED) is 0.755. The fourth-order valence-corrected chi connectivity index (χ4v) is 2.84. The van der Waals surface area contributed by atoms with Crippen LogP contribution >= 0.6 is 0 Å². The number of likely N-dealkylation sites (tertiary alicyclic amines) is 1. The smallest absolute Gasteiger partial charge is 0.0706 e. The largest absolute Gasteiger partial charge is 0.374 e. The summed E-state index contributed by atoms with van der Waals surface area (Å²) in [6, 6.07) is 0. The molecule has 15 heavy (non-hydrogen) atoms. The van der Waals surface area contributed by atoms with Crippen LogP contribution in [0.25, 0.3) is 0 Å². The molecule has 0 amide bonds. The molecule has 0 aromatic heterocycles. The van der Waals surface area contributed by atoms with Crippen molar-refractivity contribution in [2.45, 2.75) is 38.4 Å². The molecule has 0 aliphatic carbocycles. The Hall–Kier alpha value is -0.120. The van der Waals surface area contributed by atoms with Gasteiger partial charge in [-0.25, -0.2) is 0 Å². The lowest BCUT2D eigenvalue weighted by atomic mass is 10.1. The SMILES string of the molecule is CNCC1CCN(CC2CCC(C)O2)C1. The van der Waals surface area contributed by atoms with Crippen LogP contribution < -0.4 is 5.32 Å². The van der Waals surface area contributed by atoms with E-state index in [4.69, 9.17) is 4.74 Å². The van der Waals surface area contributed by atoms with E-state index in [-0.39, 0.29) is 0 Å². The molecule has 3 unspecified atom stereocenters. The van der Waals surface area contributed by atoms with Crippen LogP contribution in [-0.4, -0.2) is 50.3 Å². The Morgan fingerprint density at radius 2 is 2.20 bits per heavy atom. The minimum absolute atomic E-state index is 0.491. The summed E-state index contributed by atoms with van der Waals surface area (Å²) >= 11 is 0. The van der Waals surface area contributed by atoms with Gasteiger partial charge in [-0.1, -0.05) is 0 Å². The predicted molar refractivity (Wildman–Crippen MR) is 62.0 cm³/mol. The molecule has 0 saturated carbocycles. The fourth-order valence-electron chi connectivity index (χ4n) is 2.84. The van der Waals surface area contributed by atoms with Gasteiger partial charge >= 0.3 is 0 Å². The first-order valence-electron chi connectivity index (χ1n) is 6.30. The first-order valence-corrected chi connectivity index (χ1v) is 6.30. The molecular weight excluding hydrogens is 188 g/mol. The van der Waals surface area contributed by atoms with Gasteiger partial charge in [-0.05, 0) is 52.2 Å². The molecule has 0 bridgehead atoms. The Kier molecular flexibility index (Phi) is 4.00. The van der Waals surface area contributed by atoms with E-state index in [0.29, 0.717) is 12.2 Å². The number of hydrogen-bond acceptors (Lipinski definition) is 3. The third kappa shape index (κ3) is 3.16. The highest BCUT2D eigenvalue weighted by molar-refractivity contribution is 4.81. The number of nitrogens with one attached hydrogen (secondary N) is 1. The van der Waals surface area contributed by atoms with Crippen LogP contribution in [0.4, 0.5) is 0 Å². The highest BCUT2D eigenvalue weighted by atomic mass is 16.5. The molecule has 88 valence electrons. The van der Waals surface area contributed by atoms with Gasteiger partial charge in [0.05, 0.1) is 12.2 Å². The van der Waals surface area contributed by atoms with Gasteiger partial charge in [0.2, 0.25) is 0 Å². The van der Waals surface area contributed by atoms with E-state index in [1.54, 1.807) is 0 Å². The zero-order valence-corrected chi connectivity index (χ0v) is 10.0. The minimum Gasteiger partial charge on any atom is -0.374 e. The summed E-state index contributed by atoms with van der Waals surface area (Å²) < 4.78 is 5.86. The first-order chi connectivity index (χ1) is 7.28. The van der Waals surface area contributed by atoms with Crippen molar-refractivity contribution in [2.75, 3.05) is 33.2 Å². The molecule has 2 aliphatic heterocycles. The Bertz CT molecular complexity index is 198. The van der Waals surface area contributed by atoms with E-state index >= 15 is 0 Å². The van der Waals surface area contributed by atoms with E-state index in [0.717, 1.165) is 12.5 Å². The molecule has 0 aromatic rings. The van der Waals surface area contributed by atoms with Crippen LogP contribution in [0.5, 0.6) is 0 Å². The van der Waals surface area contributed by atoms with Crippen LogP contribution in [0.15, 0.2) is 0 Å². The van der Waals surface area contributed by atoms with Crippen LogP contribution in [0.3, 0.4) is 0 Å². The first kappa shape index (κ1) is 11.4. The number of hydrogen-bond donors (Lipinski definition) is 1. The average Bonchev–Trinajstić information content (AvgIpc) is 2.78. The van der Waals surface area contributed by atoms with Crippen LogP contribution in [0.1, 0.15) is 26.2 Å². The Morgan fingerprint density at radius 3 is 2.87 bits per heavy atom. The summed E-state index contributed by atoms with van der Waals surface area (Å²) in [6.07, 6.45) is 4.86. The molecule has 2 saturated heterocycles. The highest BCUT2D eigenvalue weighted by Crippen LogP contribution is 2.22. The van der Waals surface area contributed by atoms with E-state index in [1.165, 1.54) is 38.9 Å². The molecule has 2 aliphatic rings. The second kappa shape index (κ2) is 5.28. The maximum absolute atomic E-state index is 5.86. The average molecular weight is 212 g/mol. The van der Waals surface area contributed by atoms with Crippen molar-refractivity contribution in [3.63, 3.8) is 0 Å². The summed E-state index contributed by atoms with van der Waals surface area (Å²) in [6.45, 7) is 7.03. The van der Waals surface area contributed by atoms with Crippen LogP contribution in [0.2, 0.25) is 0 Å². The van der Waals surface area contributed by atoms with Crippen molar-refractivity contribution in [1.82, 2.24) is 10.2 Å². The Labute approximate surface area is 93.2 Å². The molecule has 2 fully saturated rings. The van der Waals surface area contributed by atoms with Gasteiger partial charge in [0.25, 0.3) is 0 Å². The summed E-state index contributed by atoms with van der Waals surface area (Å²) in [5.41, 5.74) is 0. The molecule has 2 heterocycles. The number of ether oxygens (including phenoxy) is 1. The van der Waals surface area contributed by atoms with Crippen molar-refractivity contribution in [1.29, 1.82) is 0 Å². The number of nitrogens with zero attached hydrogens (tertiary/aromatic N) is 1. The van der Waals surface area contributed by atoms with Gasteiger partial charge in [-0.15, -0.1) is 0 Å². The maximum Gasteiger partial charge on any atom is 0.0706 e. The van der Waals surface area contributed by atoms with E-state index in [9.17, 15) is 0 Å². The summed E-state index contributed by atoms with van der Waals surface area (Å²) in [5, 5.41) is 3.27. The zero-order valence-electron chi connectivity index (χ0n) is 10.0.